The van der Waals surface area contributed by atoms with E-state index in [1.807, 2.05) is 10.9 Å². The molecule has 1 heterocycles. The van der Waals surface area contributed by atoms with Crippen molar-refractivity contribution in [3.8, 4) is 0 Å². The van der Waals surface area contributed by atoms with Gasteiger partial charge in [-0.15, -0.1) is 16.7 Å². The van der Waals surface area contributed by atoms with Crippen LogP contribution >= 0.6 is 11.6 Å². The number of hydrogen-bond acceptors (Lipinski definition) is 2. The molecule has 0 aliphatic carbocycles. The fourth-order valence-electron chi connectivity index (χ4n) is 1.85. The Balaban J connectivity index is 1.97. The Morgan fingerprint density at radius 1 is 1.17 bits per heavy atom. The highest BCUT2D eigenvalue weighted by molar-refractivity contribution is 6.17. The van der Waals surface area contributed by atoms with E-state index in [0.717, 1.165) is 31.5 Å². The van der Waals surface area contributed by atoms with Crippen molar-refractivity contribution in [1.29, 1.82) is 0 Å². The van der Waals surface area contributed by atoms with E-state index in [0.29, 0.717) is 5.88 Å². The van der Waals surface area contributed by atoms with Gasteiger partial charge in [-0.1, -0.05) is 36.4 Å². The molecule has 96 valence electrons. The van der Waals surface area contributed by atoms with Crippen molar-refractivity contribution < 1.29 is 0 Å². The van der Waals surface area contributed by atoms with Gasteiger partial charge in [0.25, 0.3) is 0 Å². The van der Waals surface area contributed by atoms with Crippen LogP contribution in [-0.4, -0.2) is 20.9 Å². The molecular formula is C14H18ClN3. The van der Waals surface area contributed by atoms with Gasteiger partial charge >= 0.3 is 0 Å². The maximum absolute atomic E-state index is 5.66. The topological polar surface area (TPSA) is 30.7 Å². The van der Waals surface area contributed by atoms with Crippen LogP contribution in [-0.2, 0) is 19.4 Å². The first-order valence-electron chi connectivity index (χ1n) is 6.34. The van der Waals surface area contributed by atoms with E-state index >= 15 is 0 Å². The Morgan fingerprint density at radius 3 is 2.56 bits per heavy atom. The summed E-state index contributed by atoms with van der Waals surface area (Å²) in [4.78, 5) is 0. The molecule has 2 aromatic rings. The third-order valence-corrected chi connectivity index (χ3v) is 3.20. The number of benzene rings is 1. The lowest BCUT2D eigenvalue weighted by Crippen LogP contribution is -2.00. The zero-order chi connectivity index (χ0) is 12.8. The third kappa shape index (κ3) is 3.57. The van der Waals surface area contributed by atoms with Crippen molar-refractivity contribution in [1.82, 2.24) is 15.0 Å². The molecule has 0 aliphatic rings. The summed E-state index contributed by atoms with van der Waals surface area (Å²) in [6.07, 6.45) is 4.93. The molecule has 3 nitrogen and oxygen atoms in total. The Bertz CT molecular complexity index is 476. The van der Waals surface area contributed by atoms with Crippen LogP contribution in [0.2, 0.25) is 0 Å². The van der Waals surface area contributed by atoms with Crippen molar-refractivity contribution in [2.24, 2.45) is 0 Å². The molecule has 1 aromatic heterocycles. The molecule has 0 fully saturated rings. The molecule has 0 saturated heterocycles. The minimum absolute atomic E-state index is 0.672. The number of halogens is 1. The van der Waals surface area contributed by atoms with E-state index in [1.165, 1.54) is 11.1 Å². The Morgan fingerprint density at radius 2 is 1.89 bits per heavy atom. The lowest BCUT2D eigenvalue weighted by Gasteiger charge is -2.02. The maximum atomic E-state index is 5.66. The van der Waals surface area contributed by atoms with E-state index in [2.05, 4.69) is 41.5 Å². The molecule has 1 aromatic carbocycles. The summed E-state index contributed by atoms with van der Waals surface area (Å²) < 4.78 is 1.88. The lowest BCUT2D eigenvalue weighted by atomic mass is 10.1. The zero-order valence-electron chi connectivity index (χ0n) is 10.6. The lowest BCUT2D eigenvalue weighted by molar-refractivity contribution is 0.649. The van der Waals surface area contributed by atoms with Gasteiger partial charge in [0.15, 0.2) is 0 Å². The summed E-state index contributed by atoms with van der Waals surface area (Å²) >= 11 is 5.66. The Hall–Kier alpha value is -1.35. The predicted octanol–water partition coefficient (Wildman–Crippen LogP) is 3.06. The first kappa shape index (κ1) is 13.1. The van der Waals surface area contributed by atoms with E-state index < -0.39 is 0 Å². The van der Waals surface area contributed by atoms with Crippen molar-refractivity contribution >= 4 is 11.6 Å². The smallest absolute Gasteiger partial charge is 0.0827 e. The van der Waals surface area contributed by atoms with Gasteiger partial charge in [0, 0.05) is 12.1 Å². The monoisotopic (exact) mass is 263 g/mol. The molecule has 2 rings (SSSR count). The quantitative estimate of drug-likeness (QED) is 0.750. The fraction of sp³-hybridized carbons (Fsp3) is 0.429. The number of nitrogens with zero attached hydrogens (tertiary/aromatic N) is 3. The van der Waals surface area contributed by atoms with Gasteiger partial charge in [-0.25, -0.2) is 4.68 Å². The molecule has 0 saturated carbocycles. The van der Waals surface area contributed by atoms with Gasteiger partial charge in [-0.3, -0.25) is 0 Å². The minimum atomic E-state index is 0.672. The summed E-state index contributed by atoms with van der Waals surface area (Å²) in [5, 5.41) is 8.27. The van der Waals surface area contributed by atoms with E-state index in [-0.39, 0.29) is 0 Å². The molecule has 0 bridgehead atoms. The van der Waals surface area contributed by atoms with Crippen LogP contribution in [0.5, 0.6) is 0 Å². The van der Waals surface area contributed by atoms with Crippen LogP contribution in [0.25, 0.3) is 0 Å². The molecule has 0 atom stereocenters. The van der Waals surface area contributed by atoms with Crippen molar-refractivity contribution in [2.45, 2.75) is 32.7 Å². The summed E-state index contributed by atoms with van der Waals surface area (Å²) in [5.74, 6) is 0.672. The minimum Gasteiger partial charge on any atom is -0.248 e. The van der Waals surface area contributed by atoms with E-state index in [4.69, 9.17) is 11.6 Å². The standard InChI is InChI=1S/C14H18ClN3/c1-2-12-5-7-13(8-6-12)10-18-11-14(16-17-18)4-3-9-15/h5-8,11H,2-4,9-10H2,1H3. The number of hydrogen-bond donors (Lipinski definition) is 0. The van der Waals surface area contributed by atoms with Crippen molar-refractivity contribution in [2.75, 3.05) is 5.88 Å². The summed E-state index contributed by atoms with van der Waals surface area (Å²) in [6, 6.07) is 8.64. The van der Waals surface area contributed by atoms with Gasteiger partial charge in [0.2, 0.25) is 0 Å². The third-order valence-electron chi connectivity index (χ3n) is 2.93. The second-order valence-electron chi connectivity index (χ2n) is 4.37. The predicted molar refractivity (Wildman–Crippen MR) is 74.0 cm³/mol. The van der Waals surface area contributed by atoms with Gasteiger partial charge in [-0.2, -0.15) is 0 Å². The average molecular weight is 264 g/mol. The first-order valence-corrected chi connectivity index (χ1v) is 6.88. The highest BCUT2D eigenvalue weighted by atomic mass is 35.5. The summed E-state index contributed by atoms with van der Waals surface area (Å²) in [5.41, 5.74) is 3.63. The Kier molecular flexibility index (Phi) is 4.76. The number of aromatic nitrogens is 3. The van der Waals surface area contributed by atoms with E-state index in [1.54, 1.807) is 0 Å². The summed E-state index contributed by atoms with van der Waals surface area (Å²) in [6.45, 7) is 2.94. The molecular weight excluding hydrogens is 246 g/mol. The second-order valence-corrected chi connectivity index (χ2v) is 4.75. The molecule has 0 N–H and O–H groups in total. The normalized spacial score (nSPS) is 10.8. The molecule has 0 spiro atoms. The Labute approximate surface area is 113 Å². The highest BCUT2D eigenvalue weighted by Crippen LogP contribution is 2.07. The van der Waals surface area contributed by atoms with Crippen LogP contribution in [0.1, 0.15) is 30.2 Å². The molecule has 18 heavy (non-hydrogen) atoms. The van der Waals surface area contributed by atoms with Crippen molar-refractivity contribution in [3.05, 3.63) is 47.3 Å². The van der Waals surface area contributed by atoms with Crippen molar-refractivity contribution in [3.63, 3.8) is 0 Å². The van der Waals surface area contributed by atoms with Gasteiger partial charge in [0.05, 0.1) is 12.2 Å². The zero-order valence-corrected chi connectivity index (χ0v) is 11.4. The molecule has 4 heteroatoms. The highest BCUT2D eigenvalue weighted by Gasteiger charge is 2.01. The van der Waals surface area contributed by atoms with Crippen LogP contribution in [0.4, 0.5) is 0 Å². The molecule has 0 aliphatic heterocycles. The maximum Gasteiger partial charge on any atom is 0.0827 e. The largest absolute Gasteiger partial charge is 0.248 e. The van der Waals surface area contributed by atoms with E-state index in [9.17, 15) is 0 Å². The molecule has 0 unspecified atom stereocenters. The van der Waals surface area contributed by atoms with Crippen LogP contribution in [0.15, 0.2) is 30.5 Å². The van der Waals surface area contributed by atoms with Crippen LogP contribution < -0.4 is 0 Å². The van der Waals surface area contributed by atoms with Crippen LogP contribution in [0.3, 0.4) is 0 Å². The summed E-state index contributed by atoms with van der Waals surface area (Å²) in [7, 11) is 0. The SMILES string of the molecule is CCc1ccc(Cn2cc(CCCCl)nn2)cc1. The van der Waals surface area contributed by atoms with Crippen LogP contribution in [0, 0.1) is 0 Å². The van der Waals surface area contributed by atoms with Gasteiger partial charge in [-0.05, 0) is 30.4 Å². The second kappa shape index (κ2) is 6.55. The van der Waals surface area contributed by atoms with Gasteiger partial charge in [0.1, 0.15) is 0 Å². The number of alkyl halides is 1. The average Bonchev–Trinajstić information content (AvgIpc) is 2.85. The first-order chi connectivity index (χ1) is 8.81. The van der Waals surface area contributed by atoms with Gasteiger partial charge < -0.3 is 0 Å². The molecule has 0 radical (unpaired) electrons. The number of aryl methyl sites for hydroxylation is 2. The number of rotatable bonds is 6. The molecule has 0 amide bonds. The fourth-order valence-corrected chi connectivity index (χ4v) is 1.98.